The molecule has 0 radical (unpaired) electrons. The minimum atomic E-state index is -3.76. The number of likely N-dealkylation sites (N-methyl/N-ethyl adjacent to an activating group) is 1. The van der Waals surface area contributed by atoms with Gasteiger partial charge in [-0.25, -0.2) is 8.42 Å². The molecule has 2 aromatic rings. The third-order valence-corrected chi connectivity index (χ3v) is 6.75. The molecule has 0 aliphatic carbocycles. The number of hydrogen-bond acceptors (Lipinski definition) is 3. The molecule has 7 heteroatoms. The van der Waals surface area contributed by atoms with Gasteiger partial charge in [0.15, 0.2) is 0 Å². The molecule has 0 bridgehead atoms. The van der Waals surface area contributed by atoms with Crippen LogP contribution in [0.2, 0.25) is 5.02 Å². The normalized spacial score (nSPS) is 12.9. The summed E-state index contributed by atoms with van der Waals surface area (Å²) < 4.78 is 27.0. The Hall–Kier alpha value is -1.89. The second-order valence-electron chi connectivity index (χ2n) is 6.83. The minimum Gasteiger partial charge on any atom is -0.348 e. The highest BCUT2D eigenvalue weighted by Crippen LogP contribution is 2.24. The number of sulfonamides is 1. The van der Waals surface area contributed by atoms with Crippen molar-refractivity contribution in [2.75, 3.05) is 13.6 Å². The van der Waals surface area contributed by atoms with Crippen molar-refractivity contribution in [2.24, 2.45) is 0 Å². The largest absolute Gasteiger partial charge is 0.348 e. The number of aryl methyl sites for hydroxylation is 3. The Bertz CT molecular complexity index is 917. The molecule has 2 aromatic carbocycles. The van der Waals surface area contributed by atoms with Crippen LogP contribution in [-0.2, 0) is 14.8 Å². The van der Waals surface area contributed by atoms with Crippen molar-refractivity contribution in [1.82, 2.24) is 9.62 Å². The number of rotatable bonds is 6. The molecule has 0 heterocycles. The summed E-state index contributed by atoms with van der Waals surface area (Å²) >= 11 is 5.87. The fourth-order valence-corrected chi connectivity index (χ4v) is 4.80. The van der Waals surface area contributed by atoms with Crippen LogP contribution in [0.3, 0.4) is 0 Å². The van der Waals surface area contributed by atoms with Gasteiger partial charge in [-0.3, -0.25) is 4.79 Å². The average molecular weight is 409 g/mol. The Morgan fingerprint density at radius 3 is 2.15 bits per heavy atom. The smallest absolute Gasteiger partial charge is 0.243 e. The Morgan fingerprint density at radius 2 is 1.63 bits per heavy atom. The Kier molecular flexibility index (Phi) is 6.68. The molecule has 27 heavy (non-hydrogen) atoms. The summed E-state index contributed by atoms with van der Waals surface area (Å²) in [5.74, 6) is -0.369. The molecule has 0 aromatic heterocycles. The number of nitrogens with zero attached hydrogens (tertiary/aromatic N) is 1. The number of carbonyl (C=O) groups is 1. The maximum absolute atomic E-state index is 12.9. The summed E-state index contributed by atoms with van der Waals surface area (Å²) in [6, 6.07) is 10.6. The number of amides is 1. The van der Waals surface area contributed by atoms with E-state index in [4.69, 9.17) is 11.6 Å². The van der Waals surface area contributed by atoms with E-state index < -0.39 is 10.0 Å². The van der Waals surface area contributed by atoms with Crippen LogP contribution in [0.25, 0.3) is 0 Å². The number of nitrogens with one attached hydrogen (secondary N) is 1. The van der Waals surface area contributed by atoms with Crippen molar-refractivity contribution >= 4 is 27.5 Å². The van der Waals surface area contributed by atoms with E-state index in [-0.39, 0.29) is 23.4 Å². The zero-order valence-corrected chi connectivity index (χ0v) is 17.8. The summed E-state index contributed by atoms with van der Waals surface area (Å²) in [5, 5.41) is 3.44. The molecule has 0 saturated heterocycles. The van der Waals surface area contributed by atoms with Gasteiger partial charge in [-0.15, -0.1) is 0 Å². The molecule has 0 aliphatic rings. The monoisotopic (exact) mass is 408 g/mol. The lowest BCUT2D eigenvalue weighted by Crippen LogP contribution is -2.39. The van der Waals surface area contributed by atoms with Crippen molar-refractivity contribution < 1.29 is 13.2 Å². The van der Waals surface area contributed by atoms with E-state index >= 15 is 0 Å². The standard InChI is InChI=1S/C20H25ClN2O3S/c1-13-10-14(2)20(15(3)11-13)27(25,26)23(5)12-19(24)22-16(4)17-6-8-18(21)9-7-17/h6-11,16H,12H2,1-5H3,(H,22,24)/t16-/m0/s1. The topological polar surface area (TPSA) is 66.5 Å². The molecular formula is C20H25ClN2O3S. The number of halogens is 1. The summed E-state index contributed by atoms with van der Waals surface area (Å²) in [6.07, 6.45) is 0. The number of carbonyl (C=O) groups excluding carboxylic acids is 1. The molecule has 1 atom stereocenters. The predicted octanol–water partition coefficient (Wildman–Crippen LogP) is 3.76. The van der Waals surface area contributed by atoms with Gasteiger partial charge in [0.1, 0.15) is 0 Å². The maximum atomic E-state index is 12.9. The van der Waals surface area contributed by atoms with Crippen LogP contribution in [0.15, 0.2) is 41.3 Å². The summed E-state index contributed by atoms with van der Waals surface area (Å²) in [5.41, 5.74) is 3.24. The highest BCUT2D eigenvalue weighted by atomic mass is 35.5. The Labute approximate surface area is 166 Å². The van der Waals surface area contributed by atoms with E-state index in [0.29, 0.717) is 16.1 Å². The molecule has 1 N–H and O–H groups in total. The van der Waals surface area contributed by atoms with E-state index in [0.717, 1.165) is 15.4 Å². The van der Waals surface area contributed by atoms with Crippen LogP contribution in [-0.4, -0.2) is 32.2 Å². The molecular weight excluding hydrogens is 384 g/mol. The SMILES string of the molecule is Cc1cc(C)c(S(=O)(=O)N(C)CC(=O)N[C@@H](C)c2ccc(Cl)cc2)c(C)c1. The fraction of sp³-hybridized carbons (Fsp3) is 0.350. The van der Waals surface area contributed by atoms with Gasteiger partial charge in [0, 0.05) is 12.1 Å². The third-order valence-electron chi connectivity index (χ3n) is 4.39. The molecule has 146 valence electrons. The molecule has 0 unspecified atom stereocenters. The van der Waals surface area contributed by atoms with Crippen LogP contribution in [0.1, 0.15) is 35.2 Å². The van der Waals surface area contributed by atoms with E-state index in [9.17, 15) is 13.2 Å². The summed E-state index contributed by atoms with van der Waals surface area (Å²) in [7, 11) is -2.35. The van der Waals surface area contributed by atoms with E-state index in [1.165, 1.54) is 7.05 Å². The first-order valence-electron chi connectivity index (χ1n) is 8.61. The van der Waals surface area contributed by atoms with Crippen molar-refractivity contribution in [3.63, 3.8) is 0 Å². The zero-order valence-electron chi connectivity index (χ0n) is 16.2. The predicted molar refractivity (Wildman–Crippen MR) is 108 cm³/mol. The van der Waals surface area contributed by atoms with Crippen molar-refractivity contribution in [1.29, 1.82) is 0 Å². The molecule has 0 spiro atoms. The Balaban J connectivity index is 2.12. The van der Waals surface area contributed by atoms with Gasteiger partial charge in [0.2, 0.25) is 15.9 Å². The maximum Gasteiger partial charge on any atom is 0.243 e. The highest BCUT2D eigenvalue weighted by molar-refractivity contribution is 7.89. The van der Waals surface area contributed by atoms with Gasteiger partial charge in [-0.1, -0.05) is 41.4 Å². The van der Waals surface area contributed by atoms with E-state index in [2.05, 4.69) is 5.32 Å². The lowest BCUT2D eigenvalue weighted by molar-refractivity contribution is -0.121. The van der Waals surface area contributed by atoms with Crippen LogP contribution >= 0.6 is 11.6 Å². The third kappa shape index (κ3) is 5.09. The van der Waals surface area contributed by atoms with Crippen LogP contribution in [0.5, 0.6) is 0 Å². The second kappa shape index (κ2) is 8.42. The van der Waals surface area contributed by atoms with E-state index in [1.54, 1.807) is 26.0 Å². The van der Waals surface area contributed by atoms with Gasteiger partial charge in [0.05, 0.1) is 17.5 Å². The first-order chi connectivity index (χ1) is 12.5. The van der Waals surface area contributed by atoms with Gasteiger partial charge in [-0.2, -0.15) is 4.31 Å². The second-order valence-corrected chi connectivity index (χ2v) is 9.25. The molecule has 0 aliphatic heterocycles. The van der Waals surface area contributed by atoms with Crippen molar-refractivity contribution in [2.45, 2.75) is 38.6 Å². The molecule has 0 saturated carbocycles. The number of hydrogen-bond donors (Lipinski definition) is 1. The van der Waals surface area contributed by atoms with Crippen molar-refractivity contribution in [3.05, 3.63) is 63.7 Å². The quantitative estimate of drug-likeness (QED) is 0.791. The van der Waals surface area contributed by atoms with Gasteiger partial charge >= 0.3 is 0 Å². The van der Waals surface area contributed by atoms with E-state index in [1.807, 2.05) is 38.1 Å². The molecule has 0 fully saturated rings. The van der Waals surface area contributed by atoms with Crippen molar-refractivity contribution in [3.8, 4) is 0 Å². The molecule has 1 amide bonds. The number of benzene rings is 2. The minimum absolute atomic E-state index is 0.256. The summed E-state index contributed by atoms with van der Waals surface area (Å²) in [6.45, 7) is 7.04. The van der Waals surface area contributed by atoms with Crippen LogP contribution in [0.4, 0.5) is 0 Å². The van der Waals surface area contributed by atoms with Gasteiger partial charge < -0.3 is 5.32 Å². The first kappa shape index (κ1) is 21.4. The fourth-order valence-electron chi connectivity index (χ4n) is 3.14. The first-order valence-corrected chi connectivity index (χ1v) is 10.4. The van der Waals surface area contributed by atoms with Gasteiger partial charge in [-0.05, 0) is 56.5 Å². The van der Waals surface area contributed by atoms with Crippen LogP contribution in [0, 0.1) is 20.8 Å². The summed E-state index contributed by atoms with van der Waals surface area (Å²) in [4.78, 5) is 12.6. The van der Waals surface area contributed by atoms with Gasteiger partial charge in [0.25, 0.3) is 0 Å². The molecule has 2 rings (SSSR count). The Morgan fingerprint density at radius 1 is 1.11 bits per heavy atom. The van der Waals surface area contributed by atoms with Crippen LogP contribution < -0.4 is 5.32 Å². The lowest BCUT2D eigenvalue weighted by atomic mass is 10.1. The zero-order chi connectivity index (χ0) is 20.4. The lowest BCUT2D eigenvalue weighted by Gasteiger charge is -2.21. The average Bonchev–Trinajstić information content (AvgIpc) is 2.53. The highest BCUT2D eigenvalue weighted by Gasteiger charge is 2.27. The molecule has 5 nitrogen and oxygen atoms in total.